The third-order valence-electron chi connectivity index (χ3n) is 3.88. The van der Waals surface area contributed by atoms with E-state index in [0.29, 0.717) is 12.5 Å². The Morgan fingerprint density at radius 3 is 2.70 bits per heavy atom. The maximum atomic E-state index is 11.8. The first-order chi connectivity index (χ1) is 9.78. The van der Waals surface area contributed by atoms with E-state index in [0.717, 1.165) is 45.3 Å². The van der Waals surface area contributed by atoms with Crippen LogP contribution < -0.4 is 5.32 Å². The zero-order valence-corrected chi connectivity index (χ0v) is 12.4. The van der Waals surface area contributed by atoms with Gasteiger partial charge in [0.1, 0.15) is 0 Å². The van der Waals surface area contributed by atoms with E-state index in [1.54, 1.807) is 0 Å². The van der Waals surface area contributed by atoms with Crippen LogP contribution in [0.15, 0.2) is 24.3 Å². The minimum absolute atomic E-state index is 0.141. The van der Waals surface area contributed by atoms with E-state index < -0.39 is 0 Å². The van der Waals surface area contributed by atoms with E-state index in [-0.39, 0.29) is 5.91 Å². The summed E-state index contributed by atoms with van der Waals surface area (Å²) in [7, 11) is 0. The van der Waals surface area contributed by atoms with E-state index in [2.05, 4.69) is 36.5 Å². The Morgan fingerprint density at radius 2 is 2.05 bits per heavy atom. The van der Waals surface area contributed by atoms with Gasteiger partial charge in [-0.25, -0.2) is 0 Å². The van der Waals surface area contributed by atoms with Gasteiger partial charge in [-0.1, -0.05) is 31.2 Å². The van der Waals surface area contributed by atoms with Crippen LogP contribution in [-0.4, -0.2) is 25.2 Å². The van der Waals surface area contributed by atoms with Crippen LogP contribution in [0.4, 0.5) is 0 Å². The third-order valence-corrected chi connectivity index (χ3v) is 3.88. The summed E-state index contributed by atoms with van der Waals surface area (Å²) in [6, 6.07) is 8.53. The molecule has 0 spiro atoms. The molecule has 3 nitrogen and oxygen atoms in total. The molecule has 0 saturated carbocycles. The second-order valence-electron chi connectivity index (χ2n) is 5.44. The summed E-state index contributed by atoms with van der Waals surface area (Å²) in [6.45, 7) is 3.77. The third kappa shape index (κ3) is 4.97. The van der Waals surface area contributed by atoms with E-state index >= 15 is 0 Å². The smallest absolute Gasteiger partial charge is 0.220 e. The van der Waals surface area contributed by atoms with Crippen LogP contribution in [0.2, 0.25) is 0 Å². The normalized spacial score (nSPS) is 18.1. The topological polar surface area (TPSA) is 38.3 Å². The van der Waals surface area contributed by atoms with Crippen LogP contribution in [0.1, 0.15) is 43.7 Å². The Morgan fingerprint density at radius 1 is 1.30 bits per heavy atom. The summed E-state index contributed by atoms with van der Waals surface area (Å²) in [5.41, 5.74) is 2.58. The molecule has 1 N–H and O–H groups in total. The highest BCUT2D eigenvalue weighted by atomic mass is 16.5. The van der Waals surface area contributed by atoms with Crippen molar-refractivity contribution in [3.05, 3.63) is 35.4 Å². The molecule has 0 radical (unpaired) electrons. The molecule has 2 rings (SSSR count). The molecule has 0 bridgehead atoms. The average molecular weight is 275 g/mol. The van der Waals surface area contributed by atoms with Gasteiger partial charge in [0, 0.05) is 19.6 Å². The van der Waals surface area contributed by atoms with Gasteiger partial charge < -0.3 is 10.1 Å². The van der Waals surface area contributed by atoms with Gasteiger partial charge in [0.25, 0.3) is 0 Å². The van der Waals surface area contributed by atoms with Crippen molar-refractivity contribution < 1.29 is 9.53 Å². The van der Waals surface area contributed by atoms with E-state index in [9.17, 15) is 4.79 Å². The van der Waals surface area contributed by atoms with Gasteiger partial charge in [-0.05, 0) is 43.2 Å². The lowest BCUT2D eigenvalue weighted by atomic mass is 10.1. The van der Waals surface area contributed by atoms with Gasteiger partial charge in [0.05, 0.1) is 6.10 Å². The van der Waals surface area contributed by atoms with Crippen molar-refractivity contribution >= 4 is 5.91 Å². The summed E-state index contributed by atoms with van der Waals surface area (Å²) in [5.74, 6) is 0.141. The molecule has 20 heavy (non-hydrogen) atoms. The average Bonchev–Trinajstić information content (AvgIpc) is 2.99. The van der Waals surface area contributed by atoms with Crippen molar-refractivity contribution in [2.24, 2.45) is 0 Å². The summed E-state index contributed by atoms with van der Waals surface area (Å²) < 4.78 is 5.53. The molecule has 1 atom stereocenters. The minimum atomic E-state index is 0.141. The predicted molar refractivity (Wildman–Crippen MR) is 80.7 cm³/mol. The Labute approximate surface area is 121 Å². The lowest BCUT2D eigenvalue weighted by Crippen LogP contribution is -2.27. The fourth-order valence-corrected chi connectivity index (χ4v) is 2.53. The number of hydrogen-bond acceptors (Lipinski definition) is 2. The molecule has 1 aliphatic heterocycles. The maximum absolute atomic E-state index is 11.8. The molecule has 1 aromatic carbocycles. The number of benzene rings is 1. The first-order valence-corrected chi connectivity index (χ1v) is 7.74. The molecular formula is C17H25NO2. The number of nitrogens with one attached hydrogen (secondary N) is 1. The van der Waals surface area contributed by atoms with E-state index in [1.165, 1.54) is 11.1 Å². The molecule has 3 heteroatoms. The van der Waals surface area contributed by atoms with Gasteiger partial charge >= 0.3 is 0 Å². The highest BCUT2D eigenvalue weighted by Crippen LogP contribution is 2.14. The van der Waals surface area contributed by atoms with Gasteiger partial charge in [-0.3, -0.25) is 4.79 Å². The second kappa shape index (κ2) is 8.05. The molecule has 1 fully saturated rings. The Hall–Kier alpha value is -1.35. The number of carbonyl (C=O) groups is 1. The summed E-state index contributed by atoms with van der Waals surface area (Å²) in [5, 5.41) is 2.98. The van der Waals surface area contributed by atoms with Crippen LogP contribution in [0, 0.1) is 0 Å². The van der Waals surface area contributed by atoms with Crippen molar-refractivity contribution in [1.82, 2.24) is 5.32 Å². The maximum Gasteiger partial charge on any atom is 0.220 e. The fourth-order valence-electron chi connectivity index (χ4n) is 2.53. The number of amides is 1. The molecular weight excluding hydrogens is 250 g/mol. The molecule has 0 aliphatic carbocycles. The van der Waals surface area contributed by atoms with Crippen molar-refractivity contribution in [3.63, 3.8) is 0 Å². The number of hydrogen-bond donors (Lipinski definition) is 1. The second-order valence-corrected chi connectivity index (χ2v) is 5.44. The highest BCUT2D eigenvalue weighted by molar-refractivity contribution is 5.76. The number of carbonyl (C=O) groups excluding carboxylic acids is 1. The zero-order chi connectivity index (χ0) is 14.2. The van der Waals surface area contributed by atoms with Crippen molar-refractivity contribution in [2.45, 2.75) is 51.6 Å². The van der Waals surface area contributed by atoms with Crippen LogP contribution in [0.5, 0.6) is 0 Å². The Kier molecular flexibility index (Phi) is 6.06. The SMILES string of the molecule is CCc1ccc(CCC(=O)NCCC2CCCO2)cc1. The van der Waals surface area contributed by atoms with Crippen molar-refractivity contribution in [2.75, 3.05) is 13.2 Å². The number of ether oxygens (including phenoxy) is 1. The van der Waals surface area contributed by atoms with Gasteiger partial charge in [-0.2, -0.15) is 0 Å². The van der Waals surface area contributed by atoms with Crippen LogP contribution in [-0.2, 0) is 22.4 Å². The lowest BCUT2D eigenvalue weighted by molar-refractivity contribution is -0.121. The van der Waals surface area contributed by atoms with E-state index in [1.807, 2.05) is 0 Å². The Balaban J connectivity index is 1.61. The summed E-state index contributed by atoms with van der Waals surface area (Å²) in [6.07, 6.45) is 6.04. The zero-order valence-electron chi connectivity index (χ0n) is 12.4. The number of aryl methyl sites for hydroxylation is 2. The van der Waals surface area contributed by atoms with Crippen LogP contribution >= 0.6 is 0 Å². The van der Waals surface area contributed by atoms with Gasteiger partial charge in [0.2, 0.25) is 5.91 Å². The first-order valence-electron chi connectivity index (χ1n) is 7.74. The standard InChI is InChI=1S/C17H25NO2/c1-2-14-5-7-15(8-6-14)9-10-17(19)18-12-11-16-4-3-13-20-16/h5-8,16H,2-4,9-13H2,1H3,(H,18,19). The minimum Gasteiger partial charge on any atom is -0.378 e. The Bertz CT molecular complexity index is 408. The van der Waals surface area contributed by atoms with Crippen LogP contribution in [0.25, 0.3) is 0 Å². The summed E-state index contributed by atoms with van der Waals surface area (Å²) >= 11 is 0. The molecule has 1 heterocycles. The molecule has 1 aromatic rings. The number of rotatable bonds is 7. The molecule has 1 saturated heterocycles. The molecule has 1 amide bonds. The van der Waals surface area contributed by atoms with E-state index in [4.69, 9.17) is 4.74 Å². The fraction of sp³-hybridized carbons (Fsp3) is 0.588. The predicted octanol–water partition coefficient (Wildman–Crippen LogP) is 2.87. The quantitative estimate of drug-likeness (QED) is 0.831. The van der Waals surface area contributed by atoms with Crippen LogP contribution in [0.3, 0.4) is 0 Å². The molecule has 0 aromatic heterocycles. The largest absolute Gasteiger partial charge is 0.378 e. The molecule has 110 valence electrons. The van der Waals surface area contributed by atoms with Gasteiger partial charge in [-0.15, -0.1) is 0 Å². The lowest BCUT2D eigenvalue weighted by Gasteiger charge is -2.10. The molecule has 1 aliphatic rings. The van der Waals surface area contributed by atoms with Crippen molar-refractivity contribution in [3.8, 4) is 0 Å². The van der Waals surface area contributed by atoms with Crippen molar-refractivity contribution in [1.29, 1.82) is 0 Å². The summed E-state index contributed by atoms with van der Waals surface area (Å²) in [4.78, 5) is 11.8. The first kappa shape index (κ1) is 15.0. The molecule has 1 unspecified atom stereocenters. The van der Waals surface area contributed by atoms with Gasteiger partial charge in [0.15, 0.2) is 0 Å². The highest BCUT2D eigenvalue weighted by Gasteiger charge is 2.14. The monoisotopic (exact) mass is 275 g/mol.